The Morgan fingerprint density at radius 1 is 0.431 bits per heavy atom. The summed E-state index contributed by atoms with van der Waals surface area (Å²) >= 11 is 0. The van der Waals surface area contributed by atoms with Crippen LogP contribution in [0.2, 0.25) is 0 Å². The molecule has 9 rings (SSSR count). The van der Waals surface area contributed by atoms with E-state index >= 15 is 0 Å². The van der Waals surface area contributed by atoms with Gasteiger partial charge >= 0.3 is 0 Å². The van der Waals surface area contributed by atoms with E-state index in [9.17, 15) is 0 Å². The molecule has 0 unspecified atom stereocenters. The van der Waals surface area contributed by atoms with Gasteiger partial charge in [-0.1, -0.05) is 119 Å². The van der Waals surface area contributed by atoms with Crippen molar-refractivity contribution in [2.75, 3.05) is 21.3 Å². The second-order valence-electron chi connectivity index (χ2n) is 15.1. The van der Waals surface area contributed by atoms with Crippen LogP contribution in [0.15, 0.2) is 171 Å². The molecule has 0 radical (unpaired) electrons. The van der Waals surface area contributed by atoms with Gasteiger partial charge in [0.1, 0.15) is 5.71 Å². The molecule has 0 spiro atoms. The average molecular weight is 761 g/mol. The van der Waals surface area contributed by atoms with E-state index in [0.717, 1.165) is 83.5 Å². The number of allylic oxidation sites excluding steroid dienone is 4. The van der Waals surface area contributed by atoms with Crippen LogP contribution in [-0.4, -0.2) is 49.2 Å². The molecule has 0 atom stereocenters. The summed E-state index contributed by atoms with van der Waals surface area (Å²) in [6.07, 6.45) is 8.29. The lowest BCUT2D eigenvalue weighted by Gasteiger charge is -2.33. The zero-order valence-electron chi connectivity index (χ0n) is 33.8. The molecule has 5 heterocycles. The molecular formula is C51H44N4O3. The number of methoxy groups -OCH3 is 3. The van der Waals surface area contributed by atoms with E-state index in [1.165, 1.54) is 11.1 Å². The van der Waals surface area contributed by atoms with E-state index in [0.29, 0.717) is 22.9 Å². The first-order valence-electron chi connectivity index (χ1n) is 19.4. The maximum Gasteiger partial charge on any atom is 0.246 e. The summed E-state index contributed by atoms with van der Waals surface area (Å²) in [6, 6.07) is 38.3. The number of aromatic nitrogens is 1. The molecule has 1 aromatic heterocycles. The van der Waals surface area contributed by atoms with Gasteiger partial charge in [-0.3, -0.25) is 0 Å². The fourth-order valence-electron chi connectivity index (χ4n) is 8.17. The van der Waals surface area contributed by atoms with Gasteiger partial charge in [-0.05, 0) is 86.4 Å². The number of aliphatic imine (C=N–C) groups is 3. The quantitative estimate of drug-likeness (QED) is 0.169. The van der Waals surface area contributed by atoms with Crippen LogP contribution in [0, 0.1) is 27.7 Å². The second-order valence-corrected chi connectivity index (χ2v) is 15.1. The minimum Gasteiger partial charge on any atom is -0.481 e. The van der Waals surface area contributed by atoms with Crippen LogP contribution in [0.25, 0.3) is 22.3 Å². The molecule has 0 saturated heterocycles. The van der Waals surface area contributed by atoms with E-state index in [-0.39, 0.29) is 0 Å². The first kappa shape index (κ1) is 36.9. The highest BCUT2D eigenvalue weighted by molar-refractivity contribution is 6.35. The van der Waals surface area contributed by atoms with Crippen LogP contribution in [0.1, 0.15) is 44.5 Å². The standard InChI is InChI=1S/C51H44N4O3/c1-30-8-16-34(17-9-30)44-38-24-25-39(52-38)45(35-18-10-31(2)11-19-35)41-27-29-43(54-41)47(37-22-14-33(4)15-23-37)49-51(57-6,58-7)48(50(55-49)56-5)46(42-28-26-40(44)53-42)36-20-12-32(3)13-21-36/h8-29,52H,1-7H3. The molecule has 8 bridgehead atoms. The highest BCUT2D eigenvalue weighted by atomic mass is 16.7. The minimum absolute atomic E-state index is 0.364. The molecule has 0 amide bonds. The predicted molar refractivity (Wildman–Crippen MR) is 235 cm³/mol. The van der Waals surface area contributed by atoms with E-state index in [1.54, 1.807) is 21.3 Å². The number of ether oxygens (including phenoxy) is 3. The van der Waals surface area contributed by atoms with Crippen molar-refractivity contribution in [1.82, 2.24) is 4.98 Å². The Kier molecular flexibility index (Phi) is 9.35. The first-order chi connectivity index (χ1) is 28.2. The normalized spacial score (nSPS) is 17.1. The van der Waals surface area contributed by atoms with Gasteiger partial charge in [0.15, 0.2) is 0 Å². The Labute approximate surface area is 338 Å². The lowest BCUT2D eigenvalue weighted by atomic mass is 9.84. The van der Waals surface area contributed by atoms with Gasteiger partial charge in [0, 0.05) is 47.2 Å². The fourth-order valence-corrected chi connectivity index (χ4v) is 8.17. The number of hydrogen-bond acceptors (Lipinski definition) is 6. The van der Waals surface area contributed by atoms with Gasteiger partial charge in [0.25, 0.3) is 0 Å². The zero-order chi connectivity index (χ0) is 40.1. The number of rotatable bonds is 7. The number of nitrogens with zero attached hydrogens (tertiary/aromatic N) is 3. The number of aromatic amines is 1. The molecule has 4 aliphatic rings. The minimum atomic E-state index is -1.53. The van der Waals surface area contributed by atoms with Gasteiger partial charge in [-0.15, -0.1) is 0 Å². The van der Waals surface area contributed by atoms with Crippen LogP contribution < -0.4 is 10.7 Å². The van der Waals surface area contributed by atoms with E-state index < -0.39 is 5.79 Å². The number of fused-ring (bicyclic) bond motifs is 6. The molecule has 7 heteroatoms. The number of H-pyrrole nitrogens is 1. The molecule has 0 saturated carbocycles. The molecule has 58 heavy (non-hydrogen) atoms. The summed E-state index contributed by atoms with van der Waals surface area (Å²) in [5.74, 6) is -1.16. The Hall–Kier alpha value is -6.67. The Morgan fingerprint density at radius 3 is 1.21 bits per heavy atom. The van der Waals surface area contributed by atoms with Crippen molar-refractivity contribution in [2.45, 2.75) is 33.5 Å². The molecule has 5 aromatic rings. The lowest BCUT2D eigenvalue weighted by Crippen LogP contribution is -2.44. The van der Waals surface area contributed by atoms with E-state index in [1.807, 2.05) is 0 Å². The molecule has 7 nitrogen and oxygen atoms in total. The molecule has 0 fully saturated rings. The highest BCUT2D eigenvalue weighted by Gasteiger charge is 2.52. The van der Waals surface area contributed by atoms with Gasteiger partial charge in [-0.2, -0.15) is 0 Å². The average Bonchev–Trinajstić information content (AvgIpc) is 4.07. The van der Waals surface area contributed by atoms with Crippen molar-refractivity contribution in [3.8, 4) is 0 Å². The van der Waals surface area contributed by atoms with Crippen LogP contribution in [0.5, 0.6) is 0 Å². The van der Waals surface area contributed by atoms with Crippen molar-refractivity contribution in [3.05, 3.63) is 212 Å². The molecular weight excluding hydrogens is 717 g/mol. The zero-order valence-corrected chi connectivity index (χ0v) is 33.8. The lowest BCUT2D eigenvalue weighted by molar-refractivity contribution is -0.120. The van der Waals surface area contributed by atoms with Crippen LogP contribution >= 0.6 is 0 Å². The second kappa shape index (κ2) is 14.7. The Morgan fingerprint density at radius 2 is 0.810 bits per heavy atom. The summed E-state index contributed by atoms with van der Waals surface area (Å²) in [6.45, 7) is 8.36. The van der Waals surface area contributed by atoms with Crippen molar-refractivity contribution < 1.29 is 14.2 Å². The van der Waals surface area contributed by atoms with Crippen molar-refractivity contribution >= 4 is 39.4 Å². The maximum atomic E-state index is 6.62. The molecule has 1 N–H and O–H groups in total. The van der Waals surface area contributed by atoms with E-state index in [2.05, 4.69) is 166 Å². The number of aryl methyl sites for hydroxylation is 4. The number of nitrogens with one attached hydrogen (secondary N) is 1. The predicted octanol–water partition coefficient (Wildman–Crippen LogP) is 8.81. The molecule has 286 valence electrons. The fraction of sp³-hybridized carbons (Fsp3) is 0.157. The topological polar surface area (TPSA) is 80.6 Å². The molecule has 4 aromatic carbocycles. The number of benzene rings is 4. The number of hydrogen-bond donors (Lipinski definition) is 1. The first-order valence-corrected chi connectivity index (χ1v) is 19.4. The molecule has 0 aliphatic carbocycles. The van der Waals surface area contributed by atoms with E-state index in [4.69, 9.17) is 29.2 Å². The van der Waals surface area contributed by atoms with Crippen LogP contribution in [0.4, 0.5) is 0 Å². The van der Waals surface area contributed by atoms with Gasteiger partial charge in [0.05, 0.1) is 35.5 Å². The summed E-state index contributed by atoms with van der Waals surface area (Å²) in [4.78, 5) is 20.0. The van der Waals surface area contributed by atoms with Crippen molar-refractivity contribution in [2.24, 2.45) is 15.0 Å². The Bertz CT molecular complexity index is 2870. The third-order valence-corrected chi connectivity index (χ3v) is 11.2. The Balaban J connectivity index is 1.46. The highest BCUT2D eigenvalue weighted by Crippen LogP contribution is 2.48. The summed E-state index contributed by atoms with van der Waals surface area (Å²) in [5, 5.41) is 1.87. The van der Waals surface area contributed by atoms with Gasteiger partial charge < -0.3 is 19.2 Å². The SMILES string of the molecule is COC1=C2C(c3ccc(C)cc3)=C3C=CC(=N3)C(c3ccc(C)cc3)=c3ccc([nH]3)=C(c3ccc(C)cc3)C3=NC(=C(c4ccc(C)cc4)C(=N1)C2(OC)OC)C=C3. The van der Waals surface area contributed by atoms with Crippen LogP contribution in [0.3, 0.4) is 0 Å². The smallest absolute Gasteiger partial charge is 0.246 e. The van der Waals surface area contributed by atoms with Crippen molar-refractivity contribution in [1.29, 1.82) is 0 Å². The third-order valence-electron chi connectivity index (χ3n) is 11.2. The largest absolute Gasteiger partial charge is 0.481 e. The van der Waals surface area contributed by atoms with Gasteiger partial charge in [-0.25, -0.2) is 15.0 Å². The molecule has 4 aliphatic heterocycles. The monoisotopic (exact) mass is 760 g/mol. The van der Waals surface area contributed by atoms with Crippen LogP contribution in [-0.2, 0) is 14.2 Å². The summed E-state index contributed by atoms with van der Waals surface area (Å²) < 4.78 is 19.5. The van der Waals surface area contributed by atoms with Gasteiger partial charge in [0.2, 0.25) is 11.7 Å². The maximum absolute atomic E-state index is 6.62. The summed E-state index contributed by atoms with van der Waals surface area (Å²) in [5.41, 5.74) is 16.2. The summed E-state index contributed by atoms with van der Waals surface area (Å²) in [7, 11) is 4.94. The third kappa shape index (κ3) is 6.20. The van der Waals surface area contributed by atoms with Crippen molar-refractivity contribution in [3.63, 3.8) is 0 Å².